The fourth-order valence-electron chi connectivity index (χ4n) is 3.06. The van der Waals surface area contributed by atoms with Gasteiger partial charge in [0.1, 0.15) is 5.69 Å². The second kappa shape index (κ2) is 12.5. The van der Waals surface area contributed by atoms with Crippen LogP contribution in [0.5, 0.6) is 0 Å². The van der Waals surface area contributed by atoms with Crippen LogP contribution in [0.1, 0.15) is 40.7 Å². The summed E-state index contributed by atoms with van der Waals surface area (Å²) in [6.07, 6.45) is -4.27. The van der Waals surface area contributed by atoms with E-state index >= 15 is 0 Å². The molecule has 188 valence electrons. The average molecular weight is 565 g/mol. The first-order valence-corrected chi connectivity index (χ1v) is 12.3. The number of rotatable bonds is 6. The topological polar surface area (TPSA) is 85.8 Å². The van der Waals surface area contributed by atoms with Crippen molar-refractivity contribution in [3.63, 3.8) is 0 Å². The summed E-state index contributed by atoms with van der Waals surface area (Å²) in [5.41, 5.74) is 1.80. The minimum Gasteiger partial charge on any atom is -0.475 e. The minimum atomic E-state index is -5.08. The van der Waals surface area contributed by atoms with Gasteiger partial charge in [0.2, 0.25) is 0 Å². The molecule has 1 aromatic carbocycles. The van der Waals surface area contributed by atoms with E-state index in [2.05, 4.69) is 64.1 Å². The SMILES string of the molecule is CC(C)c1sc(N2CCN(C)CC2)nc1C(=O)NCCc1ccc(Br)cc1.O=C(O)C(F)(F)F. The van der Waals surface area contributed by atoms with E-state index in [4.69, 9.17) is 14.9 Å². The Balaban J connectivity index is 0.000000509. The van der Waals surface area contributed by atoms with E-state index in [1.54, 1.807) is 11.3 Å². The van der Waals surface area contributed by atoms with Gasteiger partial charge in [0.15, 0.2) is 5.13 Å². The maximum atomic E-state index is 12.8. The van der Waals surface area contributed by atoms with E-state index in [-0.39, 0.29) is 11.8 Å². The van der Waals surface area contributed by atoms with Gasteiger partial charge in [-0.05, 0) is 37.1 Å². The largest absolute Gasteiger partial charge is 0.490 e. The van der Waals surface area contributed by atoms with Crippen LogP contribution in [0, 0.1) is 0 Å². The third-order valence-corrected chi connectivity index (χ3v) is 6.96. The van der Waals surface area contributed by atoms with Crippen LogP contribution in [0.3, 0.4) is 0 Å². The molecular formula is C22H28BrF3N4O3S. The van der Waals surface area contributed by atoms with Crippen LogP contribution in [-0.4, -0.2) is 72.8 Å². The first kappa shape index (κ1) is 28.1. The van der Waals surface area contributed by atoms with Crippen LogP contribution in [0.4, 0.5) is 18.3 Å². The Hall–Kier alpha value is -2.18. The number of benzene rings is 1. The predicted octanol–water partition coefficient (Wildman–Crippen LogP) is 4.39. The Morgan fingerprint density at radius 1 is 1.18 bits per heavy atom. The number of nitrogens with zero attached hydrogens (tertiary/aromatic N) is 3. The summed E-state index contributed by atoms with van der Waals surface area (Å²) < 4.78 is 32.8. The lowest BCUT2D eigenvalue weighted by molar-refractivity contribution is -0.192. The van der Waals surface area contributed by atoms with Crippen molar-refractivity contribution in [2.24, 2.45) is 0 Å². The van der Waals surface area contributed by atoms with Gasteiger partial charge < -0.3 is 20.2 Å². The molecule has 0 saturated carbocycles. The monoisotopic (exact) mass is 564 g/mol. The quantitative estimate of drug-likeness (QED) is 0.541. The molecular weight excluding hydrogens is 537 g/mol. The van der Waals surface area contributed by atoms with E-state index < -0.39 is 12.1 Å². The summed E-state index contributed by atoms with van der Waals surface area (Å²) >= 11 is 5.11. The molecule has 0 radical (unpaired) electrons. The van der Waals surface area contributed by atoms with Gasteiger partial charge in [-0.3, -0.25) is 4.79 Å². The Kier molecular flexibility index (Phi) is 10.3. The lowest BCUT2D eigenvalue weighted by atomic mass is 10.1. The number of carboxylic acid groups (broad SMARTS) is 1. The van der Waals surface area contributed by atoms with Crippen LogP contribution < -0.4 is 10.2 Å². The van der Waals surface area contributed by atoms with Crippen molar-refractivity contribution in [3.05, 3.63) is 44.9 Å². The first-order chi connectivity index (χ1) is 15.9. The number of halogens is 4. The van der Waals surface area contributed by atoms with Crippen LogP contribution in [0.25, 0.3) is 0 Å². The molecule has 1 aliphatic heterocycles. The van der Waals surface area contributed by atoms with Gasteiger partial charge in [-0.25, -0.2) is 9.78 Å². The number of likely N-dealkylation sites (N-methyl/N-ethyl adjacent to an activating group) is 1. The molecule has 3 rings (SSSR count). The van der Waals surface area contributed by atoms with Crippen molar-refractivity contribution < 1.29 is 27.9 Å². The third-order valence-electron chi connectivity index (χ3n) is 5.01. The standard InChI is InChI=1S/C20H27BrN4OS.C2HF3O2/c1-14(2)18-17(23-20(27-18)25-12-10-24(3)11-13-25)19(26)22-9-8-15-4-6-16(21)7-5-15;3-2(4,5)1(6)7/h4-7,14H,8-13H2,1-3H3,(H,22,26);(H,6,7). The molecule has 0 atom stereocenters. The number of amides is 1. The van der Waals surface area contributed by atoms with Crippen LogP contribution >= 0.6 is 27.3 Å². The number of carboxylic acids is 1. The lowest BCUT2D eigenvalue weighted by Gasteiger charge is -2.32. The molecule has 1 aromatic heterocycles. The van der Waals surface area contributed by atoms with Crippen molar-refractivity contribution >= 4 is 44.3 Å². The maximum Gasteiger partial charge on any atom is 0.490 e. The highest BCUT2D eigenvalue weighted by molar-refractivity contribution is 9.10. The highest BCUT2D eigenvalue weighted by atomic mass is 79.9. The molecule has 0 unspecified atom stereocenters. The summed E-state index contributed by atoms with van der Waals surface area (Å²) in [5, 5.41) is 11.1. The number of aliphatic carboxylic acids is 1. The molecule has 7 nitrogen and oxygen atoms in total. The zero-order chi connectivity index (χ0) is 25.5. The highest BCUT2D eigenvalue weighted by Crippen LogP contribution is 2.32. The van der Waals surface area contributed by atoms with Crippen LogP contribution in [0.2, 0.25) is 0 Å². The molecule has 1 fully saturated rings. The van der Waals surface area contributed by atoms with Crippen molar-refractivity contribution in [2.45, 2.75) is 32.4 Å². The van der Waals surface area contributed by atoms with Gasteiger partial charge in [0.05, 0.1) is 0 Å². The fourth-order valence-corrected chi connectivity index (χ4v) is 4.44. The lowest BCUT2D eigenvalue weighted by Crippen LogP contribution is -2.44. The number of thiazole rings is 1. The van der Waals surface area contributed by atoms with E-state index in [1.165, 1.54) is 5.56 Å². The summed E-state index contributed by atoms with van der Waals surface area (Å²) in [7, 11) is 2.14. The smallest absolute Gasteiger partial charge is 0.475 e. The van der Waals surface area contributed by atoms with Gasteiger partial charge in [0, 0.05) is 42.1 Å². The maximum absolute atomic E-state index is 12.8. The van der Waals surface area contributed by atoms with Crippen LogP contribution in [0.15, 0.2) is 28.7 Å². The third kappa shape index (κ3) is 8.55. The van der Waals surface area contributed by atoms with Gasteiger partial charge in [-0.2, -0.15) is 13.2 Å². The van der Waals surface area contributed by atoms with Crippen LogP contribution in [-0.2, 0) is 11.2 Å². The van der Waals surface area contributed by atoms with E-state index in [0.29, 0.717) is 12.2 Å². The Morgan fingerprint density at radius 3 is 2.24 bits per heavy atom. The average Bonchev–Trinajstić information content (AvgIpc) is 3.21. The molecule has 0 spiro atoms. The minimum absolute atomic E-state index is 0.0626. The molecule has 2 N–H and O–H groups in total. The second-order valence-corrected chi connectivity index (χ2v) is 10.0. The molecule has 34 heavy (non-hydrogen) atoms. The Bertz CT molecular complexity index is 959. The number of piperazine rings is 1. The summed E-state index contributed by atoms with van der Waals surface area (Å²) in [6, 6.07) is 8.20. The Labute approximate surface area is 209 Å². The second-order valence-electron chi connectivity index (χ2n) is 8.09. The van der Waals surface area contributed by atoms with Gasteiger partial charge in [-0.15, -0.1) is 11.3 Å². The van der Waals surface area contributed by atoms with Crippen molar-refractivity contribution in [1.82, 2.24) is 15.2 Å². The highest BCUT2D eigenvalue weighted by Gasteiger charge is 2.38. The zero-order valence-electron chi connectivity index (χ0n) is 19.2. The number of hydrogen-bond acceptors (Lipinski definition) is 6. The van der Waals surface area contributed by atoms with E-state index in [1.807, 2.05) is 12.1 Å². The van der Waals surface area contributed by atoms with E-state index in [0.717, 1.165) is 47.1 Å². The zero-order valence-corrected chi connectivity index (χ0v) is 21.6. The summed E-state index contributed by atoms with van der Waals surface area (Å²) in [5.74, 6) is -2.53. The fraction of sp³-hybridized carbons (Fsp3) is 0.500. The molecule has 1 aliphatic rings. The number of alkyl halides is 3. The molecule has 1 amide bonds. The summed E-state index contributed by atoms with van der Waals surface area (Å²) in [6.45, 7) is 8.86. The molecule has 0 aliphatic carbocycles. The van der Waals surface area contributed by atoms with Gasteiger partial charge >= 0.3 is 12.1 Å². The molecule has 2 aromatic rings. The number of hydrogen-bond donors (Lipinski definition) is 2. The van der Waals surface area contributed by atoms with Crippen molar-refractivity contribution in [2.75, 3.05) is 44.7 Å². The Morgan fingerprint density at radius 2 is 1.74 bits per heavy atom. The first-order valence-electron chi connectivity index (χ1n) is 10.7. The number of anilines is 1. The number of aromatic nitrogens is 1. The number of carbonyl (C=O) groups excluding carboxylic acids is 1. The summed E-state index contributed by atoms with van der Waals surface area (Å²) in [4.78, 5) is 32.1. The van der Waals surface area contributed by atoms with E-state index in [9.17, 15) is 18.0 Å². The van der Waals surface area contributed by atoms with Gasteiger partial charge in [0.25, 0.3) is 5.91 Å². The molecule has 1 saturated heterocycles. The molecule has 2 heterocycles. The number of nitrogens with one attached hydrogen (secondary N) is 1. The predicted molar refractivity (Wildman–Crippen MR) is 130 cm³/mol. The molecule has 12 heteroatoms. The van der Waals surface area contributed by atoms with Crippen molar-refractivity contribution in [3.8, 4) is 0 Å². The molecule has 0 bridgehead atoms. The van der Waals surface area contributed by atoms with Gasteiger partial charge in [-0.1, -0.05) is 41.9 Å². The normalized spacial score (nSPS) is 14.5. The van der Waals surface area contributed by atoms with Crippen molar-refractivity contribution in [1.29, 1.82) is 0 Å². The number of carbonyl (C=O) groups is 2.